The number of hydrogen-bond acceptors (Lipinski definition) is 3. The van der Waals surface area contributed by atoms with E-state index < -0.39 is 0 Å². The number of thioether (sulfide) groups is 1. The van der Waals surface area contributed by atoms with Crippen molar-refractivity contribution in [1.82, 2.24) is 0 Å². The average Bonchev–Trinajstić information content (AvgIpc) is 2.46. The van der Waals surface area contributed by atoms with E-state index in [-0.39, 0.29) is 0 Å². The van der Waals surface area contributed by atoms with Gasteiger partial charge in [0.25, 0.3) is 0 Å². The highest BCUT2D eigenvalue weighted by Gasteiger charge is 1.98. The lowest BCUT2D eigenvalue weighted by atomic mass is 10.2. The molecule has 2 rings (SSSR count). The summed E-state index contributed by atoms with van der Waals surface area (Å²) in [7, 11) is 1.68. The summed E-state index contributed by atoms with van der Waals surface area (Å²) in [5.74, 6) is 1.85. The lowest BCUT2D eigenvalue weighted by Gasteiger charge is -2.05. The van der Waals surface area contributed by atoms with Crippen molar-refractivity contribution in [2.24, 2.45) is 5.73 Å². The number of rotatable bonds is 5. The molecule has 0 heterocycles. The highest BCUT2D eigenvalue weighted by Crippen LogP contribution is 2.24. The third-order valence-corrected chi connectivity index (χ3v) is 3.76. The second-order valence-corrected chi connectivity index (χ2v) is 5.04. The molecular formula is C15H17NOS. The van der Waals surface area contributed by atoms with Crippen LogP contribution in [0.4, 0.5) is 0 Å². The van der Waals surface area contributed by atoms with Gasteiger partial charge in [-0.1, -0.05) is 24.3 Å². The largest absolute Gasteiger partial charge is 0.497 e. The van der Waals surface area contributed by atoms with Crippen LogP contribution in [0.3, 0.4) is 0 Å². The van der Waals surface area contributed by atoms with E-state index in [4.69, 9.17) is 10.5 Å². The molecule has 0 bridgehead atoms. The van der Waals surface area contributed by atoms with Crippen molar-refractivity contribution in [3.63, 3.8) is 0 Å². The second-order valence-electron chi connectivity index (χ2n) is 3.99. The predicted molar refractivity (Wildman–Crippen MR) is 76.9 cm³/mol. The first-order chi connectivity index (χ1) is 8.81. The van der Waals surface area contributed by atoms with Gasteiger partial charge in [0.2, 0.25) is 0 Å². The Kier molecular flexibility index (Phi) is 4.67. The van der Waals surface area contributed by atoms with E-state index in [0.717, 1.165) is 11.5 Å². The fraction of sp³-hybridized carbons (Fsp3) is 0.200. The zero-order valence-corrected chi connectivity index (χ0v) is 11.2. The van der Waals surface area contributed by atoms with E-state index in [1.807, 2.05) is 23.9 Å². The van der Waals surface area contributed by atoms with Crippen molar-refractivity contribution in [3.8, 4) is 5.75 Å². The van der Waals surface area contributed by atoms with E-state index in [2.05, 4.69) is 36.4 Å². The van der Waals surface area contributed by atoms with E-state index in [1.165, 1.54) is 16.0 Å². The van der Waals surface area contributed by atoms with Crippen molar-refractivity contribution < 1.29 is 4.74 Å². The van der Waals surface area contributed by atoms with Crippen LogP contribution in [0.5, 0.6) is 5.75 Å². The third kappa shape index (κ3) is 3.52. The van der Waals surface area contributed by atoms with Crippen LogP contribution in [0.25, 0.3) is 0 Å². The molecule has 0 aliphatic rings. The molecule has 2 N–H and O–H groups in total. The Hall–Kier alpha value is -1.45. The van der Waals surface area contributed by atoms with Crippen molar-refractivity contribution >= 4 is 11.8 Å². The molecule has 0 amide bonds. The zero-order valence-electron chi connectivity index (χ0n) is 10.4. The molecule has 0 radical (unpaired) electrons. The maximum absolute atomic E-state index is 5.63. The maximum Gasteiger partial charge on any atom is 0.118 e. The van der Waals surface area contributed by atoms with Crippen LogP contribution in [0, 0.1) is 0 Å². The molecule has 0 aliphatic carbocycles. The van der Waals surface area contributed by atoms with Crippen LogP contribution >= 0.6 is 11.8 Å². The van der Waals surface area contributed by atoms with Crippen molar-refractivity contribution in [2.75, 3.05) is 7.11 Å². The molecule has 2 nitrogen and oxygen atoms in total. The third-order valence-electron chi connectivity index (χ3n) is 2.70. The summed E-state index contributed by atoms with van der Waals surface area (Å²) in [4.78, 5) is 1.26. The normalized spacial score (nSPS) is 10.3. The quantitative estimate of drug-likeness (QED) is 0.835. The Morgan fingerprint density at radius 1 is 1.06 bits per heavy atom. The van der Waals surface area contributed by atoms with E-state index in [0.29, 0.717) is 6.54 Å². The van der Waals surface area contributed by atoms with Gasteiger partial charge in [0, 0.05) is 17.2 Å². The van der Waals surface area contributed by atoms with Crippen LogP contribution in [0.1, 0.15) is 11.1 Å². The molecule has 0 aliphatic heterocycles. The van der Waals surface area contributed by atoms with Gasteiger partial charge in [-0.05, 0) is 35.4 Å². The molecule has 3 heteroatoms. The number of ether oxygens (including phenoxy) is 1. The SMILES string of the molecule is COc1ccc(CSc2cccc(CN)c2)cc1. The molecule has 0 saturated heterocycles. The van der Waals surface area contributed by atoms with Crippen LogP contribution in [-0.4, -0.2) is 7.11 Å². The van der Waals surface area contributed by atoms with Crippen LogP contribution in [-0.2, 0) is 12.3 Å². The monoisotopic (exact) mass is 259 g/mol. The molecule has 2 aromatic carbocycles. The van der Waals surface area contributed by atoms with Gasteiger partial charge in [-0.25, -0.2) is 0 Å². The standard InChI is InChI=1S/C15H17NOS/c1-17-14-7-5-12(6-8-14)11-18-15-4-2-3-13(9-15)10-16/h2-9H,10-11,16H2,1H3. The number of methoxy groups -OCH3 is 1. The summed E-state index contributed by atoms with van der Waals surface area (Å²) >= 11 is 1.82. The first kappa shape index (κ1) is 13.0. The molecule has 0 fully saturated rings. The topological polar surface area (TPSA) is 35.2 Å². The van der Waals surface area contributed by atoms with Crippen molar-refractivity contribution in [3.05, 3.63) is 59.7 Å². The molecule has 18 heavy (non-hydrogen) atoms. The van der Waals surface area contributed by atoms with Gasteiger partial charge in [0.1, 0.15) is 5.75 Å². The van der Waals surface area contributed by atoms with Gasteiger partial charge in [0.15, 0.2) is 0 Å². The Labute approximate surface area is 112 Å². The fourth-order valence-electron chi connectivity index (χ4n) is 1.65. The van der Waals surface area contributed by atoms with Gasteiger partial charge in [0.05, 0.1) is 7.11 Å². The van der Waals surface area contributed by atoms with Crippen LogP contribution in [0.2, 0.25) is 0 Å². The smallest absolute Gasteiger partial charge is 0.118 e. The highest BCUT2D eigenvalue weighted by atomic mass is 32.2. The average molecular weight is 259 g/mol. The second kappa shape index (κ2) is 6.47. The van der Waals surface area contributed by atoms with Crippen LogP contribution < -0.4 is 10.5 Å². The molecule has 2 aromatic rings. The lowest BCUT2D eigenvalue weighted by molar-refractivity contribution is 0.414. The summed E-state index contributed by atoms with van der Waals surface area (Å²) in [5.41, 5.74) is 8.10. The number of nitrogens with two attached hydrogens (primary N) is 1. The zero-order chi connectivity index (χ0) is 12.8. The minimum atomic E-state index is 0.594. The first-order valence-electron chi connectivity index (χ1n) is 5.86. The molecule has 0 aromatic heterocycles. The molecule has 0 unspecified atom stereocenters. The van der Waals surface area contributed by atoms with Crippen molar-refractivity contribution in [1.29, 1.82) is 0 Å². The van der Waals surface area contributed by atoms with E-state index >= 15 is 0 Å². The Morgan fingerprint density at radius 3 is 2.50 bits per heavy atom. The molecule has 0 spiro atoms. The summed E-state index contributed by atoms with van der Waals surface area (Å²) in [6, 6.07) is 16.5. The van der Waals surface area contributed by atoms with Crippen LogP contribution in [0.15, 0.2) is 53.4 Å². The number of benzene rings is 2. The predicted octanol–water partition coefficient (Wildman–Crippen LogP) is 3.45. The molecular weight excluding hydrogens is 242 g/mol. The van der Waals surface area contributed by atoms with Gasteiger partial charge < -0.3 is 10.5 Å². The maximum atomic E-state index is 5.63. The summed E-state index contributed by atoms with van der Waals surface area (Å²) in [6.07, 6.45) is 0. The molecule has 0 saturated carbocycles. The van der Waals surface area contributed by atoms with Gasteiger partial charge in [-0.3, -0.25) is 0 Å². The minimum absolute atomic E-state index is 0.594. The minimum Gasteiger partial charge on any atom is -0.497 e. The molecule has 94 valence electrons. The lowest BCUT2D eigenvalue weighted by Crippen LogP contribution is -1.95. The highest BCUT2D eigenvalue weighted by molar-refractivity contribution is 7.98. The molecule has 0 atom stereocenters. The Bertz CT molecular complexity index is 496. The Morgan fingerprint density at radius 2 is 1.83 bits per heavy atom. The van der Waals surface area contributed by atoms with Gasteiger partial charge >= 0.3 is 0 Å². The first-order valence-corrected chi connectivity index (χ1v) is 6.85. The van der Waals surface area contributed by atoms with Crippen molar-refractivity contribution in [2.45, 2.75) is 17.2 Å². The fourth-order valence-corrected chi connectivity index (χ4v) is 2.59. The van der Waals surface area contributed by atoms with Gasteiger partial charge in [-0.15, -0.1) is 11.8 Å². The van der Waals surface area contributed by atoms with E-state index in [9.17, 15) is 0 Å². The van der Waals surface area contributed by atoms with Gasteiger partial charge in [-0.2, -0.15) is 0 Å². The summed E-state index contributed by atoms with van der Waals surface area (Å²) < 4.78 is 5.14. The summed E-state index contributed by atoms with van der Waals surface area (Å²) in [5, 5.41) is 0. The van der Waals surface area contributed by atoms with E-state index in [1.54, 1.807) is 7.11 Å². The number of hydrogen-bond donors (Lipinski definition) is 1. The summed E-state index contributed by atoms with van der Waals surface area (Å²) in [6.45, 7) is 0.594. The Balaban J connectivity index is 1.97.